The average Bonchev–Trinajstić information content (AvgIpc) is 3.27. The summed E-state index contributed by atoms with van der Waals surface area (Å²) in [6.45, 7) is 3.57. The molecule has 3 heterocycles. The number of hydrogen-bond donors (Lipinski definition) is 0. The second-order valence-corrected chi connectivity index (χ2v) is 6.62. The van der Waals surface area contributed by atoms with Crippen LogP contribution in [0, 0.1) is 0 Å². The van der Waals surface area contributed by atoms with E-state index < -0.39 is 0 Å². The van der Waals surface area contributed by atoms with E-state index in [4.69, 9.17) is 4.74 Å². The van der Waals surface area contributed by atoms with Crippen LogP contribution < -0.4 is 0 Å². The lowest BCUT2D eigenvalue weighted by atomic mass is 10.1. The van der Waals surface area contributed by atoms with Gasteiger partial charge in [0, 0.05) is 37.6 Å². The van der Waals surface area contributed by atoms with Gasteiger partial charge in [-0.3, -0.25) is 14.6 Å². The van der Waals surface area contributed by atoms with Gasteiger partial charge in [0.2, 0.25) is 0 Å². The van der Waals surface area contributed by atoms with Gasteiger partial charge in [0.25, 0.3) is 0 Å². The molecule has 4 rings (SSSR count). The van der Waals surface area contributed by atoms with Crippen LogP contribution in [-0.2, 0) is 11.3 Å². The number of rotatable bonds is 4. The van der Waals surface area contributed by atoms with Crippen molar-refractivity contribution in [3.05, 3.63) is 48.0 Å². The van der Waals surface area contributed by atoms with Crippen molar-refractivity contribution in [1.82, 2.24) is 19.7 Å². The van der Waals surface area contributed by atoms with Gasteiger partial charge in [0.15, 0.2) is 0 Å². The molecule has 0 radical (unpaired) electrons. The molecule has 122 valence electrons. The van der Waals surface area contributed by atoms with E-state index in [1.807, 2.05) is 30.6 Å². The van der Waals surface area contributed by atoms with Crippen molar-refractivity contribution in [2.45, 2.75) is 44.4 Å². The van der Waals surface area contributed by atoms with Crippen molar-refractivity contribution < 1.29 is 4.74 Å². The zero-order chi connectivity index (χ0) is 15.5. The zero-order valence-corrected chi connectivity index (χ0v) is 13.5. The minimum absolute atomic E-state index is 0.0785. The molecule has 1 saturated heterocycles. The molecule has 0 spiro atoms. The van der Waals surface area contributed by atoms with Gasteiger partial charge in [-0.1, -0.05) is 18.9 Å². The molecule has 1 saturated carbocycles. The number of morpholine rings is 1. The molecule has 2 aliphatic rings. The topological polar surface area (TPSA) is 43.2 Å². The van der Waals surface area contributed by atoms with Crippen molar-refractivity contribution in [3.8, 4) is 0 Å². The fourth-order valence-electron chi connectivity index (χ4n) is 3.68. The molecule has 0 amide bonds. The Bertz CT molecular complexity index is 621. The quantitative estimate of drug-likeness (QED) is 0.870. The van der Waals surface area contributed by atoms with E-state index in [2.05, 4.69) is 25.9 Å². The second-order valence-electron chi connectivity index (χ2n) is 6.62. The maximum Gasteiger partial charge on any atom is 0.112 e. The van der Waals surface area contributed by atoms with E-state index in [-0.39, 0.29) is 6.10 Å². The molecule has 0 unspecified atom stereocenters. The molecule has 0 bridgehead atoms. The SMILES string of the molecule is c1ccc([C@@H]2CN(Cc3cnn(C4CCCC4)c3)CCO2)nc1. The van der Waals surface area contributed by atoms with Crippen molar-refractivity contribution >= 4 is 0 Å². The summed E-state index contributed by atoms with van der Waals surface area (Å²) in [7, 11) is 0. The first-order chi connectivity index (χ1) is 11.4. The van der Waals surface area contributed by atoms with E-state index in [9.17, 15) is 0 Å². The zero-order valence-electron chi connectivity index (χ0n) is 13.5. The number of hydrogen-bond acceptors (Lipinski definition) is 4. The third-order valence-corrected chi connectivity index (χ3v) is 4.93. The summed E-state index contributed by atoms with van der Waals surface area (Å²) in [5.41, 5.74) is 2.33. The average molecular weight is 312 g/mol. The molecule has 2 fully saturated rings. The Balaban J connectivity index is 1.38. The molecular weight excluding hydrogens is 288 g/mol. The molecule has 1 aliphatic carbocycles. The van der Waals surface area contributed by atoms with E-state index in [1.54, 1.807) is 0 Å². The van der Waals surface area contributed by atoms with Crippen molar-refractivity contribution in [3.63, 3.8) is 0 Å². The number of nitrogens with zero attached hydrogens (tertiary/aromatic N) is 4. The highest BCUT2D eigenvalue weighted by Gasteiger charge is 2.23. The van der Waals surface area contributed by atoms with Crippen molar-refractivity contribution in [1.29, 1.82) is 0 Å². The molecule has 0 aromatic carbocycles. The fourth-order valence-corrected chi connectivity index (χ4v) is 3.68. The smallest absolute Gasteiger partial charge is 0.112 e. The summed E-state index contributed by atoms with van der Waals surface area (Å²) in [4.78, 5) is 6.88. The van der Waals surface area contributed by atoms with Gasteiger partial charge in [-0.05, 0) is 25.0 Å². The lowest BCUT2D eigenvalue weighted by Crippen LogP contribution is -2.38. The van der Waals surface area contributed by atoms with Crippen LogP contribution in [0.1, 0.15) is 49.1 Å². The number of ether oxygens (including phenoxy) is 1. The monoisotopic (exact) mass is 312 g/mol. The summed E-state index contributed by atoms with van der Waals surface area (Å²) >= 11 is 0. The largest absolute Gasteiger partial charge is 0.369 e. The van der Waals surface area contributed by atoms with Gasteiger partial charge >= 0.3 is 0 Å². The van der Waals surface area contributed by atoms with Gasteiger partial charge in [-0.2, -0.15) is 5.10 Å². The van der Waals surface area contributed by atoms with Gasteiger partial charge in [-0.15, -0.1) is 0 Å². The maximum absolute atomic E-state index is 5.89. The Hall–Kier alpha value is -1.72. The van der Waals surface area contributed by atoms with Gasteiger partial charge in [-0.25, -0.2) is 0 Å². The van der Waals surface area contributed by atoms with Gasteiger partial charge < -0.3 is 4.74 Å². The molecule has 1 atom stereocenters. The third kappa shape index (κ3) is 3.46. The fraction of sp³-hybridized carbons (Fsp3) is 0.556. The van der Waals surface area contributed by atoms with Crippen molar-refractivity contribution in [2.24, 2.45) is 0 Å². The lowest BCUT2D eigenvalue weighted by Gasteiger charge is -2.32. The Labute approximate surface area is 137 Å². The third-order valence-electron chi connectivity index (χ3n) is 4.93. The van der Waals surface area contributed by atoms with E-state index in [0.29, 0.717) is 6.04 Å². The second kappa shape index (κ2) is 6.81. The van der Waals surface area contributed by atoms with Crippen LogP contribution in [0.2, 0.25) is 0 Å². The van der Waals surface area contributed by atoms with Gasteiger partial charge in [0.1, 0.15) is 6.10 Å². The predicted octanol–water partition coefficient (Wildman–Crippen LogP) is 2.97. The molecule has 0 N–H and O–H groups in total. The molecule has 2 aromatic rings. The number of aromatic nitrogens is 3. The first-order valence-corrected chi connectivity index (χ1v) is 8.66. The molecule has 1 aliphatic heterocycles. The predicted molar refractivity (Wildman–Crippen MR) is 87.9 cm³/mol. The summed E-state index contributed by atoms with van der Waals surface area (Å²) in [6, 6.07) is 6.64. The first kappa shape index (κ1) is 14.8. The highest BCUT2D eigenvalue weighted by Crippen LogP contribution is 2.29. The number of pyridine rings is 1. The van der Waals surface area contributed by atoms with Crippen LogP contribution in [0.4, 0.5) is 0 Å². The van der Waals surface area contributed by atoms with E-state index >= 15 is 0 Å². The highest BCUT2D eigenvalue weighted by atomic mass is 16.5. The van der Waals surface area contributed by atoms with Crippen molar-refractivity contribution in [2.75, 3.05) is 19.7 Å². The maximum atomic E-state index is 5.89. The minimum atomic E-state index is 0.0785. The van der Waals surface area contributed by atoms with Crippen LogP contribution >= 0.6 is 0 Å². The highest BCUT2D eigenvalue weighted by molar-refractivity contribution is 5.09. The molecule has 5 heteroatoms. The Morgan fingerprint density at radius 1 is 1.22 bits per heavy atom. The molecule has 5 nitrogen and oxygen atoms in total. The Morgan fingerprint density at radius 2 is 2.13 bits per heavy atom. The Kier molecular flexibility index (Phi) is 4.39. The minimum Gasteiger partial charge on any atom is -0.369 e. The van der Waals surface area contributed by atoms with Crippen LogP contribution in [-0.4, -0.2) is 39.4 Å². The molecular formula is C18H24N4O. The summed E-state index contributed by atoms with van der Waals surface area (Å²) in [6.07, 6.45) is 11.4. The normalized spacial score (nSPS) is 23.4. The van der Waals surface area contributed by atoms with E-state index in [0.717, 1.165) is 31.9 Å². The van der Waals surface area contributed by atoms with Crippen LogP contribution in [0.25, 0.3) is 0 Å². The molecule has 23 heavy (non-hydrogen) atoms. The van der Waals surface area contributed by atoms with Crippen LogP contribution in [0.5, 0.6) is 0 Å². The standard InChI is InChI=1S/C18H24N4O/c1-2-6-16(5-1)22-13-15(11-20-22)12-21-9-10-23-18(14-21)17-7-3-4-8-19-17/h3-4,7-8,11,13,16,18H,1-2,5-6,9-10,12,14H2/t18-/m0/s1. The summed E-state index contributed by atoms with van der Waals surface area (Å²) in [5.74, 6) is 0. The summed E-state index contributed by atoms with van der Waals surface area (Å²) in [5, 5.41) is 4.59. The first-order valence-electron chi connectivity index (χ1n) is 8.66. The summed E-state index contributed by atoms with van der Waals surface area (Å²) < 4.78 is 8.07. The van der Waals surface area contributed by atoms with Gasteiger partial charge in [0.05, 0.1) is 24.5 Å². The van der Waals surface area contributed by atoms with Crippen LogP contribution in [0.15, 0.2) is 36.8 Å². The lowest BCUT2D eigenvalue weighted by molar-refractivity contribution is -0.0350. The van der Waals surface area contributed by atoms with E-state index in [1.165, 1.54) is 31.2 Å². The molecule has 2 aromatic heterocycles. The van der Waals surface area contributed by atoms with Crippen LogP contribution in [0.3, 0.4) is 0 Å². The Morgan fingerprint density at radius 3 is 2.96 bits per heavy atom.